The van der Waals surface area contributed by atoms with Crippen LogP contribution in [0.4, 0.5) is 0 Å². The van der Waals surface area contributed by atoms with Crippen molar-refractivity contribution >= 4 is 5.91 Å². The molecule has 31 heavy (non-hydrogen) atoms. The van der Waals surface area contributed by atoms with E-state index in [1.807, 2.05) is 0 Å². The Labute approximate surface area is 185 Å². The molecule has 2 N–H and O–H groups in total. The summed E-state index contributed by atoms with van der Waals surface area (Å²) < 4.78 is 0. The number of allylic oxidation sites excluding steroid dienone is 3. The summed E-state index contributed by atoms with van der Waals surface area (Å²) in [6.07, 6.45) is 11.5. The molecule has 1 atom stereocenters. The number of aliphatic hydroxyl groups is 1. The summed E-state index contributed by atoms with van der Waals surface area (Å²) in [6.45, 7) is 6.48. The Morgan fingerprint density at radius 1 is 1.13 bits per heavy atom. The molecule has 0 saturated carbocycles. The molecule has 1 saturated heterocycles. The SMILES string of the molecule is C=C1C=C(N2CCC3(CC2)CC(CCCO)c2ccccc23)NC(=O)C2=C1CCCC2. The third-order valence-corrected chi connectivity index (χ3v) is 8.06. The second-order valence-electron chi connectivity index (χ2n) is 9.79. The molecule has 1 spiro atoms. The number of amides is 1. The van der Waals surface area contributed by atoms with Crippen LogP contribution < -0.4 is 5.32 Å². The Kier molecular flexibility index (Phi) is 5.51. The molecular formula is C27H34N2O2. The van der Waals surface area contributed by atoms with Gasteiger partial charge in [0.15, 0.2) is 0 Å². The highest BCUT2D eigenvalue weighted by Crippen LogP contribution is 2.53. The van der Waals surface area contributed by atoms with E-state index in [-0.39, 0.29) is 17.9 Å². The molecule has 4 aliphatic rings. The average Bonchev–Trinajstić information content (AvgIpc) is 3.03. The highest BCUT2D eigenvalue weighted by molar-refractivity contribution is 5.97. The number of rotatable bonds is 4. The standard InChI is InChI=1S/C27H34N2O2/c1-19-17-25(28-26(31)23-10-3-2-8-21(19)23)29-14-12-27(13-15-29)18-20(7-6-16-30)22-9-4-5-11-24(22)27/h4-5,9,11,17,20,30H,1-3,6-8,10,12-16,18H2,(H,28,31). The normalized spacial score (nSPS) is 25.1. The Bertz CT molecular complexity index is 950. The van der Waals surface area contributed by atoms with Crippen molar-refractivity contribution in [2.75, 3.05) is 19.7 Å². The van der Waals surface area contributed by atoms with Crippen molar-refractivity contribution in [2.45, 2.75) is 69.1 Å². The van der Waals surface area contributed by atoms with Crippen LogP contribution in [0.5, 0.6) is 0 Å². The molecule has 0 bridgehead atoms. The van der Waals surface area contributed by atoms with Crippen molar-refractivity contribution < 1.29 is 9.90 Å². The lowest BCUT2D eigenvalue weighted by atomic mass is 9.73. The zero-order valence-corrected chi connectivity index (χ0v) is 18.5. The fraction of sp³-hybridized carbons (Fsp3) is 0.519. The number of carbonyl (C=O) groups excluding carboxylic acids is 1. The van der Waals surface area contributed by atoms with Crippen LogP contribution in [0.2, 0.25) is 0 Å². The maximum absolute atomic E-state index is 12.9. The van der Waals surface area contributed by atoms with Crippen LogP contribution in [-0.2, 0) is 10.2 Å². The van der Waals surface area contributed by atoms with E-state index in [4.69, 9.17) is 0 Å². The number of aliphatic hydroxyl groups excluding tert-OH is 1. The van der Waals surface area contributed by atoms with E-state index in [1.165, 1.54) is 23.1 Å². The van der Waals surface area contributed by atoms with Gasteiger partial charge < -0.3 is 15.3 Å². The zero-order valence-electron chi connectivity index (χ0n) is 18.5. The number of hydrogen-bond donors (Lipinski definition) is 2. The monoisotopic (exact) mass is 418 g/mol. The molecule has 0 radical (unpaired) electrons. The predicted molar refractivity (Wildman–Crippen MR) is 123 cm³/mol. The number of nitrogens with zero attached hydrogens (tertiary/aromatic N) is 1. The summed E-state index contributed by atoms with van der Waals surface area (Å²) in [5.41, 5.74) is 6.39. The van der Waals surface area contributed by atoms with Crippen LogP contribution in [-0.4, -0.2) is 35.6 Å². The van der Waals surface area contributed by atoms with Crippen LogP contribution in [0, 0.1) is 0 Å². The first kappa shape index (κ1) is 20.6. The number of likely N-dealkylation sites (tertiary alicyclic amines) is 1. The molecule has 4 nitrogen and oxygen atoms in total. The van der Waals surface area contributed by atoms with Gasteiger partial charge in [-0.3, -0.25) is 4.79 Å². The van der Waals surface area contributed by atoms with E-state index in [0.29, 0.717) is 5.92 Å². The van der Waals surface area contributed by atoms with Crippen molar-refractivity contribution in [1.29, 1.82) is 0 Å². The second-order valence-corrected chi connectivity index (χ2v) is 9.79. The number of fused-ring (bicyclic) bond motifs is 2. The molecule has 1 aromatic carbocycles. The molecule has 2 heterocycles. The Balaban J connectivity index is 1.33. The molecule has 4 heteroatoms. The summed E-state index contributed by atoms with van der Waals surface area (Å²) in [4.78, 5) is 15.3. The van der Waals surface area contributed by atoms with Gasteiger partial charge in [0, 0.05) is 25.3 Å². The second kappa shape index (κ2) is 8.31. The molecule has 1 aromatic rings. The van der Waals surface area contributed by atoms with Gasteiger partial charge in [-0.15, -0.1) is 0 Å². The van der Waals surface area contributed by atoms with Crippen LogP contribution in [0.3, 0.4) is 0 Å². The lowest BCUT2D eigenvalue weighted by molar-refractivity contribution is -0.117. The summed E-state index contributed by atoms with van der Waals surface area (Å²) in [5.74, 6) is 1.57. The summed E-state index contributed by atoms with van der Waals surface area (Å²) in [5, 5.41) is 12.6. The molecule has 0 aromatic heterocycles. The molecule has 2 aliphatic heterocycles. The molecule has 164 valence electrons. The Morgan fingerprint density at radius 2 is 1.87 bits per heavy atom. The molecule has 1 unspecified atom stereocenters. The highest BCUT2D eigenvalue weighted by Gasteiger charge is 2.45. The first-order valence-corrected chi connectivity index (χ1v) is 12.0. The van der Waals surface area contributed by atoms with Gasteiger partial charge in [0.05, 0.1) is 0 Å². The van der Waals surface area contributed by atoms with Gasteiger partial charge in [-0.2, -0.15) is 0 Å². The maximum atomic E-state index is 12.9. The van der Waals surface area contributed by atoms with Crippen molar-refractivity contribution in [3.05, 3.63) is 70.6 Å². The maximum Gasteiger partial charge on any atom is 0.252 e. The van der Waals surface area contributed by atoms with Crippen molar-refractivity contribution in [1.82, 2.24) is 10.2 Å². The lowest BCUT2D eigenvalue weighted by Gasteiger charge is -2.42. The number of carbonyl (C=O) groups is 1. The minimum atomic E-state index is 0.0789. The first-order chi connectivity index (χ1) is 15.1. The van der Waals surface area contributed by atoms with Gasteiger partial charge in [-0.05, 0) is 97.5 Å². The Hall–Kier alpha value is -2.33. The molecular weight excluding hydrogens is 384 g/mol. The van der Waals surface area contributed by atoms with Crippen molar-refractivity contribution in [3.8, 4) is 0 Å². The predicted octanol–water partition coefficient (Wildman–Crippen LogP) is 4.68. The van der Waals surface area contributed by atoms with Crippen LogP contribution in [0.25, 0.3) is 0 Å². The molecule has 1 amide bonds. The van der Waals surface area contributed by atoms with Gasteiger partial charge in [-0.25, -0.2) is 0 Å². The topological polar surface area (TPSA) is 52.6 Å². The highest BCUT2D eigenvalue weighted by atomic mass is 16.2. The third-order valence-electron chi connectivity index (χ3n) is 8.06. The van der Waals surface area contributed by atoms with Gasteiger partial charge in [0.1, 0.15) is 5.82 Å². The Morgan fingerprint density at radius 3 is 2.65 bits per heavy atom. The summed E-state index contributed by atoms with van der Waals surface area (Å²) in [6, 6.07) is 8.96. The largest absolute Gasteiger partial charge is 0.396 e. The quantitative estimate of drug-likeness (QED) is 0.747. The first-order valence-electron chi connectivity index (χ1n) is 12.0. The number of nitrogens with one attached hydrogen (secondary N) is 1. The minimum absolute atomic E-state index is 0.0789. The van der Waals surface area contributed by atoms with E-state index in [1.54, 1.807) is 0 Å². The summed E-state index contributed by atoms with van der Waals surface area (Å²) in [7, 11) is 0. The third kappa shape index (κ3) is 3.65. The fourth-order valence-electron chi connectivity index (χ4n) is 6.43. The van der Waals surface area contributed by atoms with Gasteiger partial charge in [-0.1, -0.05) is 30.8 Å². The molecule has 2 aliphatic carbocycles. The van der Waals surface area contributed by atoms with E-state index in [2.05, 4.69) is 47.1 Å². The van der Waals surface area contributed by atoms with E-state index in [0.717, 1.165) is 81.4 Å². The zero-order chi connectivity index (χ0) is 21.4. The average molecular weight is 419 g/mol. The van der Waals surface area contributed by atoms with Crippen LogP contribution in [0.1, 0.15) is 74.8 Å². The smallest absolute Gasteiger partial charge is 0.252 e. The molecule has 1 fully saturated rings. The number of hydrogen-bond acceptors (Lipinski definition) is 3. The van der Waals surface area contributed by atoms with Crippen LogP contribution in [0.15, 0.2) is 59.5 Å². The summed E-state index contributed by atoms with van der Waals surface area (Å²) >= 11 is 0. The fourth-order valence-corrected chi connectivity index (χ4v) is 6.43. The minimum Gasteiger partial charge on any atom is -0.396 e. The molecule has 5 rings (SSSR count). The number of piperidine rings is 1. The van der Waals surface area contributed by atoms with Crippen molar-refractivity contribution in [3.63, 3.8) is 0 Å². The van der Waals surface area contributed by atoms with Gasteiger partial charge in [0.2, 0.25) is 0 Å². The van der Waals surface area contributed by atoms with Crippen molar-refractivity contribution in [2.24, 2.45) is 0 Å². The number of benzene rings is 1. The van der Waals surface area contributed by atoms with E-state index >= 15 is 0 Å². The van der Waals surface area contributed by atoms with Gasteiger partial charge in [0.25, 0.3) is 5.91 Å². The van der Waals surface area contributed by atoms with Gasteiger partial charge >= 0.3 is 0 Å². The van der Waals surface area contributed by atoms with E-state index < -0.39 is 0 Å². The van der Waals surface area contributed by atoms with Crippen LogP contribution >= 0.6 is 0 Å². The van der Waals surface area contributed by atoms with E-state index in [9.17, 15) is 9.90 Å². The lowest BCUT2D eigenvalue weighted by Crippen LogP contribution is -2.45.